The van der Waals surface area contributed by atoms with Gasteiger partial charge in [-0.1, -0.05) is 115 Å². The van der Waals surface area contributed by atoms with Gasteiger partial charge in [0.1, 0.15) is 5.75 Å². The van der Waals surface area contributed by atoms with Gasteiger partial charge in [0, 0.05) is 64.0 Å². The van der Waals surface area contributed by atoms with Crippen LogP contribution in [0.3, 0.4) is 0 Å². The van der Waals surface area contributed by atoms with E-state index in [0.717, 1.165) is 83.4 Å². The van der Waals surface area contributed by atoms with E-state index in [1.165, 1.54) is 41.9 Å². The molecule has 13 aromatic rings. The highest BCUT2D eigenvalue weighted by Crippen LogP contribution is 2.42. The maximum absolute atomic E-state index is 5.72. The van der Waals surface area contributed by atoms with Crippen LogP contribution in [0.15, 0.2) is 206 Å². The van der Waals surface area contributed by atoms with Crippen molar-refractivity contribution in [2.75, 3.05) is 7.11 Å². The van der Waals surface area contributed by atoms with Gasteiger partial charge in [-0.3, -0.25) is 0 Å². The summed E-state index contributed by atoms with van der Waals surface area (Å²) < 4.78 is 13.1. The van der Waals surface area contributed by atoms with Gasteiger partial charge in [-0.15, -0.1) is 11.3 Å². The molecule has 0 unspecified atom stereocenters. The molecule has 4 nitrogen and oxygen atoms in total. The second kappa shape index (κ2) is 14.0. The van der Waals surface area contributed by atoms with Crippen molar-refractivity contribution in [3.05, 3.63) is 206 Å². The van der Waals surface area contributed by atoms with E-state index in [4.69, 9.17) is 9.72 Å². The number of thiophene rings is 1. The Morgan fingerprint density at radius 2 is 1.00 bits per heavy atom. The van der Waals surface area contributed by atoms with Crippen LogP contribution in [0.2, 0.25) is 0 Å². The van der Waals surface area contributed by atoms with Gasteiger partial charge < -0.3 is 13.9 Å². The fourth-order valence-electron chi connectivity index (χ4n) is 9.78. The zero-order chi connectivity index (χ0) is 41.6. The molecular formula is C58H37N3OS. The van der Waals surface area contributed by atoms with Crippen molar-refractivity contribution in [1.82, 2.24) is 14.1 Å². The van der Waals surface area contributed by atoms with Crippen LogP contribution < -0.4 is 4.74 Å². The van der Waals surface area contributed by atoms with Gasteiger partial charge in [-0.25, -0.2) is 4.98 Å². The molecule has 0 amide bonds. The Morgan fingerprint density at radius 1 is 0.381 bits per heavy atom. The standard InChI is InChI=1S/C58H37N3OS/c1-62-44-23-28-54-50(35-44)47-24-19-37(32-55(47)60(54)42-12-3-2-4-13-42)40-29-41(38-20-26-49-48-15-7-10-18-57(48)63-58(49)34-38)31-43(30-40)61-53-17-9-6-14-45(53)46-25-21-39(33-56(46)61)52-27-22-36-11-5-8-16-51(36)59-52/h2-35H,1H3. The number of pyridine rings is 1. The van der Waals surface area contributed by atoms with Gasteiger partial charge >= 0.3 is 0 Å². The summed E-state index contributed by atoms with van der Waals surface area (Å²) in [7, 11) is 1.73. The summed E-state index contributed by atoms with van der Waals surface area (Å²) in [5, 5.41) is 8.50. The van der Waals surface area contributed by atoms with E-state index in [9.17, 15) is 0 Å². The first-order chi connectivity index (χ1) is 31.1. The summed E-state index contributed by atoms with van der Waals surface area (Å²) in [5.74, 6) is 0.845. The number of para-hydroxylation sites is 3. The summed E-state index contributed by atoms with van der Waals surface area (Å²) in [6.07, 6.45) is 0. The molecule has 0 radical (unpaired) electrons. The van der Waals surface area contributed by atoms with Gasteiger partial charge in [0.15, 0.2) is 0 Å². The third-order valence-electron chi connectivity index (χ3n) is 12.8. The van der Waals surface area contributed by atoms with Gasteiger partial charge in [0.05, 0.1) is 40.4 Å². The summed E-state index contributed by atoms with van der Waals surface area (Å²) in [4.78, 5) is 5.12. The van der Waals surface area contributed by atoms with E-state index in [2.05, 4.69) is 215 Å². The van der Waals surface area contributed by atoms with Gasteiger partial charge in [-0.05, 0) is 113 Å². The fourth-order valence-corrected chi connectivity index (χ4v) is 10.9. The quantitative estimate of drug-likeness (QED) is 0.167. The number of ether oxygens (including phenoxy) is 1. The molecule has 0 N–H and O–H groups in total. The van der Waals surface area contributed by atoms with Crippen molar-refractivity contribution in [2.45, 2.75) is 0 Å². The third kappa shape index (κ3) is 5.71. The molecule has 4 heterocycles. The lowest BCUT2D eigenvalue weighted by molar-refractivity contribution is 0.415. The Bertz CT molecular complexity index is 3970. The predicted octanol–water partition coefficient (Wildman–Crippen LogP) is 15.8. The van der Waals surface area contributed by atoms with Crippen LogP contribution in [-0.4, -0.2) is 21.2 Å². The number of methoxy groups -OCH3 is 1. The summed E-state index contributed by atoms with van der Waals surface area (Å²) in [5.41, 5.74) is 14.5. The highest BCUT2D eigenvalue weighted by Gasteiger charge is 2.19. The molecule has 13 rings (SSSR count). The topological polar surface area (TPSA) is 32.0 Å². The van der Waals surface area contributed by atoms with E-state index in [0.29, 0.717) is 0 Å². The Balaban J connectivity index is 1.07. The molecule has 9 aromatic carbocycles. The van der Waals surface area contributed by atoms with Crippen molar-refractivity contribution in [3.8, 4) is 50.6 Å². The van der Waals surface area contributed by atoms with Gasteiger partial charge in [0.25, 0.3) is 0 Å². The highest BCUT2D eigenvalue weighted by atomic mass is 32.1. The average molecular weight is 824 g/mol. The Labute approximate surface area is 367 Å². The molecule has 0 atom stereocenters. The first-order valence-electron chi connectivity index (χ1n) is 21.3. The SMILES string of the molecule is COc1ccc2c(c1)c1ccc(-c3cc(-c4ccc5c(c4)sc4ccccc45)cc(-n4c5ccccc5c5ccc(-c6ccc7ccccc7n6)cc54)c3)cc1n2-c1ccccc1. The minimum Gasteiger partial charge on any atom is -0.497 e. The van der Waals surface area contributed by atoms with Crippen LogP contribution in [0.4, 0.5) is 0 Å². The summed E-state index contributed by atoms with van der Waals surface area (Å²) in [6, 6.07) is 75.0. The second-order valence-electron chi connectivity index (χ2n) is 16.3. The molecule has 0 spiro atoms. The third-order valence-corrected chi connectivity index (χ3v) is 13.9. The van der Waals surface area contributed by atoms with Crippen LogP contribution in [-0.2, 0) is 0 Å². The molecule has 4 aromatic heterocycles. The second-order valence-corrected chi connectivity index (χ2v) is 17.4. The van der Waals surface area contributed by atoms with Crippen LogP contribution in [0.1, 0.15) is 0 Å². The number of fused-ring (bicyclic) bond motifs is 10. The van der Waals surface area contributed by atoms with Crippen LogP contribution >= 0.6 is 11.3 Å². The fraction of sp³-hybridized carbons (Fsp3) is 0.0172. The first-order valence-corrected chi connectivity index (χ1v) is 22.1. The monoisotopic (exact) mass is 823 g/mol. The zero-order valence-corrected chi connectivity index (χ0v) is 35.1. The van der Waals surface area contributed by atoms with Crippen LogP contribution in [0, 0.1) is 0 Å². The average Bonchev–Trinajstić information content (AvgIpc) is 4.00. The Kier molecular flexibility index (Phi) is 7.96. The Morgan fingerprint density at radius 3 is 1.84 bits per heavy atom. The lowest BCUT2D eigenvalue weighted by Crippen LogP contribution is -1.97. The zero-order valence-electron chi connectivity index (χ0n) is 34.3. The molecule has 0 saturated carbocycles. The number of nitrogens with zero attached hydrogens (tertiary/aromatic N) is 3. The van der Waals surface area contributed by atoms with E-state index in [-0.39, 0.29) is 0 Å². The molecule has 0 bridgehead atoms. The molecule has 0 fully saturated rings. The van der Waals surface area contributed by atoms with Gasteiger partial charge in [-0.2, -0.15) is 0 Å². The minimum atomic E-state index is 0.845. The number of benzene rings is 9. The largest absolute Gasteiger partial charge is 0.497 e. The Hall–Kier alpha value is -7.99. The lowest BCUT2D eigenvalue weighted by atomic mass is 9.96. The van der Waals surface area contributed by atoms with E-state index >= 15 is 0 Å². The molecule has 296 valence electrons. The molecule has 5 heteroatoms. The molecule has 0 aliphatic heterocycles. The van der Waals surface area contributed by atoms with E-state index in [1.54, 1.807) is 7.11 Å². The summed E-state index contributed by atoms with van der Waals surface area (Å²) in [6.45, 7) is 0. The first kappa shape index (κ1) is 35.7. The normalized spacial score (nSPS) is 11.9. The van der Waals surface area contributed by atoms with E-state index < -0.39 is 0 Å². The molecule has 0 aliphatic rings. The van der Waals surface area contributed by atoms with Crippen molar-refractivity contribution in [2.24, 2.45) is 0 Å². The number of aromatic nitrogens is 3. The van der Waals surface area contributed by atoms with E-state index in [1.807, 2.05) is 11.3 Å². The molecular weight excluding hydrogens is 787 g/mol. The van der Waals surface area contributed by atoms with Crippen LogP contribution in [0.5, 0.6) is 5.75 Å². The maximum Gasteiger partial charge on any atom is 0.119 e. The van der Waals surface area contributed by atoms with Gasteiger partial charge in [0.2, 0.25) is 0 Å². The predicted molar refractivity (Wildman–Crippen MR) is 266 cm³/mol. The molecule has 0 aliphatic carbocycles. The number of hydrogen-bond donors (Lipinski definition) is 0. The van der Waals surface area contributed by atoms with Crippen molar-refractivity contribution >= 4 is 86.0 Å². The van der Waals surface area contributed by atoms with Crippen molar-refractivity contribution < 1.29 is 4.74 Å². The summed E-state index contributed by atoms with van der Waals surface area (Å²) >= 11 is 1.86. The lowest BCUT2D eigenvalue weighted by Gasteiger charge is -2.15. The number of rotatable bonds is 6. The smallest absolute Gasteiger partial charge is 0.119 e. The molecule has 63 heavy (non-hydrogen) atoms. The van der Waals surface area contributed by atoms with Crippen LogP contribution in [0.25, 0.3) is 120 Å². The molecule has 0 saturated heterocycles. The highest BCUT2D eigenvalue weighted by molar-refractivity contribution is 7.25. The van der Waals surface area contributed by atoms with Crippen molar-refractivity contribution in [3.63, 3.8) is 0 Å². The maximum atomic E-state index is 5.72. The minimum absolute atomic E-state index is 0.845. The number of hydrogen-bond acceptors (Lipinski definition) is 3. The van der Waals surface area contributed by atoms with Crippen molar-refractivity contribution in [1.29, 1.82) is 0 Å².